The zero-order valence-electron chi connectivity index (χ0n) is 11.8. The molecule has 0 aliphatic carbocycles. The lowest BCUT2D eigenvalue weighted by Crippen LogP contribution is -2.16. The Morgan fingerprint density at radius 1 is 1.20 bits per heavy atom. The molecular weight excluding hydrogens is 268 g/mol. The normalized spacial score (nSPS) is 11.3. The third-order valence-electron chi connectivity index (χ3n) is 3.28. The van der Waals surface area contributed by atoms with E-state index in [-0.39, 0.29) is 0 Å². The number of hydrogen-bond donors (Lipinski definition) is 1. The number of hydrogen-bond acceptors (Lipinski definition) is 4. The summed E-state index contributed by atoms with van der Waals surface area (Å²) in [6.07, 6.45) is 0. The van der Waals surface area contributed by atoms with E-state index in [0.29, 0.717) is 0 Å². The maximum Gasteiger partial charge on any atom is 0.123 e. The van der Waals surface area contributed by atoms with Gasteiger partial charge < -0.3 is 9.88 Å². The van der Waals surface area contributed by atoms with Crippen molar-refractivity contribution in [3.05, 3.63) is 46.2 Å². The molecule has 3 aromatic rings. The molecule has 3 rings (SSSR count). The van der Waals surface area contributed by atoms with E-state index in [4.69, 9.17) is 4.98 Å². The van der Waals surface area contributed by atoms with Gasteiger partial charge in [0.05, 0.1) is 17.6 Å². The van der Waals surface area contributed by atoms with Crippen molar-refractivity contribution in [2.45, 2.75) is 33.5 Å². The molecule has 0 aliphatic rings. The Balaban J connectivity index is 1.73. The number of para-hydroxylation sites is 2. The Labute approximate surface area is 122 Å². The average molecular weight is 286 g/mol. The molecule has 0 atom stereocenters. The highest BCUT2D eigenvalue weighted by atomic mass is 32.1. The van der Waals surface area contributed by atoms with E-state index in [2.05, 4.69) is 45.4 Å². The highest BCUT2D eigenvalue weighted by Crippen LogP contribution is 2.16. The van der Waals surface area contributed by atoms with Gasteiger partial charge >= 0.3 is 0 Å². The minimum Gasteiger partial charge on any atom is -0.327 e. The fraction of sp³-hybridized carbons (Fsp3) is 0.333. The predicted octanol–water partition coefficient (Wildman–Crippen LogP) is 3.11. The molecule has 0 aliphatic heterocycles. The number of imidazole rings is 1. The number of aromatic nitrogens is 3. The molecule has 20 heavy (non-hydrogen) atoms. The lowest BCUT2D eigenvalue weighted by Gasteiger charge is -2.06. The van der Waals surface area contributed by atoms with E-state index >= 15 is 0 Å². The summed E-state index contributed by atoms with van der Waals surface area (Å²) in [5.74, 6) is 1.09. The van der Waals surface area contributed by atoms with E-state index in [0.717, 1.165) is 41.7 Å². The van der Waals surface area contributed by atoms with Crippen LogP contribution in [0.3, 0.4) is 0 Å². The topological polar surface area (TPSA) is 42.7 Å². The van der Waals surface area contributed by atoms with Crippen molar-refractivity contribution < 1.29 is 0 Å². The van der Waals surface area contributed by atoms with Gasteiger partial charge in [-0.25, -0.2) is 9.97 Å². The Hall–Kier alpha value is -1.72. The van der Waals surface area contributed by atoms with Crippen LogP contribution in [0.5, 0.6) is 0 Å². The summed E-state index contributed by atoms with van der Waals surface area (Å²) in [5.41, 5.74) is 3.36. The molecule has 0 unspecified atom stereocenters. The van der Waals surface area contributed by atoms with Gasteiger partial charge in [0.1, 0.15) is 10.8 Å². The Kier molecular flexibility index (Phi) is 3.80. The van der Waals surface area contributed by atoms with Crippen LogP contribution in [0.4, 0.5) is 0 Å². The maximum atomic E-state index is 4.70. The monoisotopic (exact) mass is 286 g/mol. The van der Waals surface area contributed by atoms with Gasteiger partial charge in [-0.3, -0.25) is 0 Å². The molecule has 5 heteroatoms. The lowest BCUT2D eigenvalue weighted by molar-refractivity contribution is 0.619. The number of nitrogens with zero attached hydrogens (tertiary/aromatic N) is 3. The summed E-state index contributed by atoms with van der Waals surface area (Å²) >= 11 is 1.70. The average Bonchev–Trinajstić information content (AvgIpc) is 3.02. The van der Waals surface area contributed by atoms with Crippen molar-refractivity contribution in [2.24, 2.45) is 0 Å². The number of thiazole rings is 1. The molecule has 4 nitrogen and oxygen atoms in total. The van der Waals surface area contributed by atoms with Crippen molar-refractivity contribution in [1.29, 1.82) is 0 Å². The van der Waals surface area contributed by atoms with Gasteiger partial charge in [-0.15, -0.1) is 11.3 Å². The van der Waals surface area contributed by atoms with Crippen LogP contribution >= 0.6 is 11.3 Å². The number of rotatable bonds is 5. The smallest absolute Gasteiger partial charge is 0.123 e. The SMILES string of the molecule is CCn1c(CNCc2nc(C)cs2)nc2ccccc21. The van der Waals surface area contributed by atoms with Crippen LogP contribution < -0.4 is 5.32 Å². The molecule has 2 aromatic heterocycles. The van der Waals surface area contributed by atoms with Crippen LogP contribution in [-0.2, 0) is 19.6 Å². The van der Waals surface area contributed by atoms with Crippen LogP contribution in [0.2, 0.25) is 0 Å². The molecule has 0 amide bonds. The number of aryl methyl sites for hydroxylation is 2. The molecule has 2 heterocycles. The van der Waals surface area contributed by atoms with Crippen LogP contribution in [-0.4, -0.2) is 14.5 Å². The van der Waals surface area contributed by atoms with E-state index in [1.807, 2.05) is 13.0 Å². The van der Waals surface area contributed by atoms with Crippen molar-refractivity contribution in [2.75, 3.05) is 0 Å². The third-order valence-corrected chi connectivity index (χ3v) is 4.24. The number of fused-ring (bicyclic) bond motifs is 1. The summed E-state index contributed by atoms with van der Waals surface area (Å²) in [4.78, 5) is 9.16. The highest BCUT2D eigenvalue weighted by molar-refractivity contribution is 7.09. The van der Waals surface area contributed by atoms with Gasteiger partial charge in [0.15, 0.2) is 0 Å². The van der Waals surface area contributed by atoms with Gasteiger partial charge in [-0.05, 0) is 26.0 Å². The molecule has 1 N–H and O–H groups in total. The molecular formula is C15H18N4S. The predicted molar refractivity (Wildman–Crippen MR) is 82.8 cm³/mol. The zero-order chi connectivity index (χ0) is 13.9. The van der Waals surface area contributed by atoms with Crippen molar-refractivity contribution in [3.8, 4) is 0 Å². The summed E-state index contributed by atoms with van der Waals surface area (Å²) in [5, 5.41) is 6.64. The Morgan fingerprint density at radius 3 is 2.80 bits per heavy atom. The second-order valence-corrected chi connectivity index (χ2v) is 5.69. The van der Waals surface area contributed by atoms with Crippen molar-refractivity contribution >= 4 is 22.4 Å². The van der Waals surface area contributed by atoms with Crippen LogP contribution in [0.1, 0.15) is 23.4 Å². The minimum absolute atomic E-state index is 0.765. The first-order chi connectivity index (χ1) is 9.78. The second kappa shape index (κ2) is 5.73. The standard InChI is InChI=1S/C15H18N4S/c1-3-19-13-7-5-4-6-12(13)18-14(19)8-16-9-15-17-11(2)10-20-15/h4-7,10,16H,3,8-9H2,1-2H3. The molecule has 1 aromatic carbocycles. The molecule has 0 radical (unpaired) electrons. The van der Waals surface area contributed by atoms with Gasteiger partial charge in [0.2, 0.25) is 0 Å². The fourth-order valence-electron chi connectivity index (χ4n) is 2.38. The maximum absolute atomic E-state index is 4.70. The summed E-state index contributed by atoms with van der Waals surface area (Å²) in [6, 6.07) is 8.28. The molecule has 0 spiro atoms. The molecule has 0 bridgehead atoms. The molecule has 0 saturated heterocycles. The van der Waals surface area contributed by atoms with Gasteiger partial charge in [-0.2, -0.15) is 0 Å². The first-order valence-electron chi connectivity index (χ1n) is 6.84. The van der Waals surface area contributed by atoms with Gasteiger partial charge in [-0.1, -0.05) is 12.1 Å². The quantitative estimate of drug-likeness (QED) is 0.783. The zero-order valence-corrected chi connectivity index (χ0v) is 12.6. The number of nitrogens with one attached hydrogen (secondary N) is 1. The highest BCUT2D eigenvalue weighted by Gasteiger charge is 2.08. The van der Waals surface area contributed by atoms with E-state index in [9.17, 15) is 0 Å². The first kappa shape index (κ1) is 13.3. The first-order valence-corrected chi connectivity index (χ1v) is 7.71. The van der Waals surface area contributed by atoms with Crippen molar-refractivity contribution in [1.82, 2.24) is 19.9 Å². The molecule has 0 saturated carbocycles. The summed E-state index contributed by atoms with van der Waals surface area (Å²) in [7, 11) is 0. The fourth-order valence-corrected chi connectivity index (χ4v) is 3.12. The Bertz CT molecular complexity index is 714. The van der Waals surface area contributed by atoms with E-state index < -0.39 is 0 Å². The Morgan fingerprint density at radius 2 is 2.05 bits per heavy atom. The lowest BCUT2D eigenvalue weighted by atomic mass is 10.3. The van der Waals surface area contributed by atoms with Crippen LogP contribution in [0.25, 0.3) is 11.0 Å². The summed E-state index contributed by atoms with van der Waals surface area (Å²) < 4.78 is 2.26. The summed E-state index contributed by atoms with van der Waals surface area (Å²) in [6.45, 7) is 6.68. The minimum atomic E-state index is 0.765. The van der Waals surface area contributed by atoms with E-state index in [1.54, 1.807) is 11.3 Å². The van der Waals surface area contributed by atoms with Crippen LogP contribution in [0.15, 0.2) is 29.6 Å². The molecule has 0 fully saturated rings. The van der Waals surface area contributed by atoms with Crippen molar-refractivity contribution in [3.63, 3.8) is 0 Å². The third kappa shape index (κ3) is 2.59. The van der Waals surface area contributed by atoms with Crippen LogP contribution in [0, 0.1) is 6.92 Å². The van der Waals surface area contributed by atoms with Gasteiger partial charge in [0, 0.05) is 24.2 Å². The molecule has 104 valence electrons. The number of benzene rings is 1. The van der Waals surface area contributed by atoms with E-state index in [1.165, 1.54) is 5.52 Å². The second-order valence-electron chi connectivity index (χ2n) is 4.75. The largest absolute Gasteiger partial charge is 0.327 e. The van der Waals surface area contributed by atoms with Gasteiger partial charge in [0.25, 0.3) is 0 Å².